The van der Waals surface area contributed by atoms with Gasteiger partial charge in [-0.1, -0.05) is 30.3 Å². The number of rotatable bonds is 3. The molecule has 0 amide bonds. The fourth-order valence-corrected chi connectivity index (χ4v) is 6.22. The molecule has 3 aromatic rings. The molecule has 0 unspecified atom stereocenters. The summed E-state index contributed by atoms with van der Waals surface area (Å²) in [5, 5.41) is 23.8. The van der Waals surface area contributed by atoms with Gasteiger partial charge in [-0.3, -0.25) is 0 Å². The number of hydrogen-bond acceptors (Lipinski definition) is 3. The first-order chi connectivity index (χ1) is 14.5. The summed E-state index contributed by atoms with van der Waals surface area (Å²) in [4.78, 5) is 6.20. The Kier molecular flexibility index (Phi) is 3.91. The van der Waals surface area contributed by atoms with Crippen molar-refractivity contribution >= 4 is 10.9 Å². The van der Waals surface area contributed by atoms with E-state index in [1.54, 1.807) is 6.07 Å². The summed E-state index contributed by atoms with van der Waals surface area (Å²) in [7, 11) is 0. The first kappa shape index (κ1) is 18.5. The van der Waals surface area contributed by atoms with Gasteiger partial charge in [0.25, 0.3) is 0 Å². The second-order valence-corrected chi connectivity index (χ2v) is 10.0. The highest BCUT2D eigenvalue weighted by molar-refractivity contribution is 5.88. The molecule has 2 atom stereocenters. The van der Waals surface area contributed by atoms with Crippen molar-refractivity contribution in [2.24, 2.45) is 5.92 Å². The third-order valence-corrected chi connectivity index (χ3v) is 8.03. The fourth-order valence-electron chi connectivity index (χ4n) is 6.22. The number of likely N-dealkylation sites (tertiary alicyclic amines) is 1. The molecule has 0 radical (unpaired) electrons. The van der Waals surface area contributed by atoms with E-state index in [4.69, 9.17) is 0 Å². The summed E-state index contributed by atoms with van der Waals surface area (Å²) < 4.78 is 0. The van der Waals surface area contributed by atoms with Gasteiger partial charge in [-0.2, -0.15) is 0 Å². The number of aromatic nitrogens is 1. The van der Waals surface area contributed by atoms with Gasteiger partial charge in [0.05, 0.1) is 5.60 Å². The SMILES string of the molecule is Cc1cccc2c3c([nH]c12)C[C@]1(c2cccc(O)c2)CCN(CC2CC2)C[C@@]1(O)C3. The molecule has 1 aliphatic heterocycles. The molecule has 6 rings (SSSR count). The number of aromatic hydroxyl groups is 1. The minimum Gasteiger partial charge on any atom is -0.508 e. The van der Waals surface area contributed by atoms with Crippen LogP contribution in [0.25, 0.3) is 10.9 Å². The first-order valence-electron chi connectivity index (χ1n) is 11.3. The molecule has 3 aliphatic rings. The van der Waals surface area contributed by atoms with E-state index in [9.17, 15) is 10.2 Å². The second kappa shape index (κ2) is 6.35. The van der Waals surface area contributed by atoms with E-state index in [1.807, 2.05) is 12.1 Å². The Morgan fingerprint density at radius 1 is 1.13 bits per heavy atom. The molecule has 2 aliphatic carbocycles. The largest absolute Gasteiger partial charge is 0.508 e. The van der Waals surface area contributed by atoms with Gasteiger partial charge in [0, 0.05) is 47.9 Å². The number of β-amino-alcohol motifs (C(OH)–C–C–N with tert-alkyl or cyclic N) is 1. The van der Waals surface area contributed by atoms with Crippen LogP contribution < -0.4 is 0 Å². The normalized spacial score (nSPS) is 29.0. The number of benzene rings is 2. The van der Waals surface area contributed by atoms with Crippen LogP contribution in [0.1, 0.15) is 41.6 Å². The summed E-state index contributed by atoms with van der Waals surface area (Å²) >= 11 is 0. The zero-order valence-corrected chi connectivity index (χ0v) is 17.6. The fraction of sp³-hybridized carbons (Fsp3) is 0.462. The van der Waals surface area contributed by atoms with Crippen molar-refractivity contribution in [3.8, 4) is 5.75 Å². The third-order valence-electron chi connectivity index (χ3n) is 8.03. The lowest BCUT2D eigenvalue weighted by molar-refractivity contribution is -0.103. The minimum absolute atomic E-state index is 0.280. The lowest BCUT2D eigenvalue weighted by Crippen LogP contribution is -2.66. The van der Waals surface area contributed by atoms with Crippen molar-refractivity contribution in [1.82, 2.24) is 9.88 Å². The third kappa shape index (κ3) is 2.67. The molecule has 2 fully saturated rings. The highest BCUT2D eigenvalue weighted by atomic mass is 16.3. The van der Waals surface area contributed by atoms with E-state index in [-0.39, 0.29) is 11.2 Å². The van der Waals surface area contributed by atoms with Crippen LogP contribution in [0.2, 0.25) is 0 Å². The van der Waals surface area contributed by atoms with Crippen LogP contribution in [-0.4, -0.2) is 45.3 Å². The number of fused-ring (bicyclic) bond motifs is 4. The maximum absolute atomic E-state index is 12.3. The molecule has 2 heterocycles. The molecule has 1 saturated carbocycles. The van der Waals surface area contributed by atoms with Gasteiger partial charge in [0.2, 0.25) is 0 Å². The van der Waals surface area contributed by atoms with Crippen LogP contribution in [0.15, 0.2) is 42.5 Å². The Labute approximate surface area is 177 Å². The topological polar surface area (TPSA) is 59.5 Å². The number of para-hydroxylation sites is 1. The van der Waals surface area contributed by atoms with E-state index in [0.29, 0.717) is 13.0 Å². The standard InChI is InChI=1S/C26H30N2O2/c1-17-4-2-7-21-22-13-26(30)16-28(15-18-8-9-18)11-10-25(26,14-23(22)27-24(17)21)19-5-3-6-20(29)12-19/h2-7,12,18,27,29-30H,8-11,13-16H2,1H3/t25-,26-/m0/s1. The summed E-state index contributed by atoms with van der Waals surface area (Å²) in [6.07, 6.45) is 5.01. The smallest absolute Gasteiger partial charge is 0.115 e. The monoisotopic (exact) mass is 402 g/mol. The van der Waals surface area contributed by atoms with Crippen LogP contribution in [0.4, 0.5) is 0 Å². The van der Waals surface area contributed by atoms with E-state index < -0.39 is 5.60 Å². The summed E-state index contributed by atoms with van der Waals surface area (Å²) in [6, 6.07) is 14.1. The molecule has 30 heavy (non-hydrogen) atoms. The first-order valence-corrected chi connectivity index (χ1v) is 11.3. The Balaban J connectivity index is 1.50. The Morgan fingerprint density at radius 3 is 2.77 bits per heavy atom. The molecule has 4 heteroatoms. The van der Waals surface area contributed by atoms with Gasteiger partial charge in [-0.15, -0.1) is 0 Å². The maximum Gasteiger partial charge on any atom is 0.115 e. The molecule has 0 bridgehead atoms. The van der Waals surface area contributed by atoms with Gasteiger partial charge in [-0.05, 0) is 67.5 Å². The summed E-state index contributed by atoms with van der Waals surface area (Å²) in [5.41, 5.74) is 4.82. The van der Waals surface area contributed by atoms with Crippen molar-refractivity contribution in [2.75, 3.05) is 19.6 Å². The molecule has 3 N–H and O–H groups in total. The Bertz CT molecular complexity index is 1130. The van der Waals surface area contributed by atoms with Crippen LogP contribution in [0.3, 0.4) is 0 Å². The number of nitrogens with zero attached hydrogens (tertiary/aromatic N) is 1. The van der Waals surface area contributed by atoms with Gasteiger partial charge in [0.15, 0.2) is 0 Å². The van der Waals surface area contributed by atoms with Crippen molar-refractivity contribution in [2.45, 2.75) is 50.0 Å². The zero-order valence-electron chi connectivity index (χ0n) is 17.6. The number of nitrogens with one attached hydrogen (secondary N) is 1. The van der Waals surface area contributed by atoms with Crippen LogP contribution >= 0.6 is 0 Å². The number of phenolic OH excluding ortho intramolecular Hbond substituents is 1. The second-order valence-electron chi connectivity index (χ2n) is 10.0. The summed E-state index contributed by atoms with van der Waals surface area (Å²) in [5.74, 6) is 1.10. The van der Waals surface area contributed by atoms with Crippen LogP contribution in [-0.2, 0) is 18.3 Å². The van der Waals surface area contributed by atoms with Crippen molar-refractivity contribution in [1.29, 1.82) is 0 Å². The molecule has 4 nitrogen and oxygen atoms in total. The van der Waals surface area contributed by atoms with Gasteiger partial charge < -0.3 is 20.1 Å². The molecule has 2 aromatic carbocycles. The van der Waals surface area contributed by atoms with Crippen LogP contribution in [0, 0.1) is 12.8 Å². The number of hydrogen-bond donors (Lipinski definition) is 3. The van der Waals surface area contributed by atoms with Gasteiger partial charge >= 0.3 is 0 Å². The number of H-pyrrole nitrogens is 1. The van der Waals surface area contributed by atoms with E-state index in [2.05, 4.69) is 41.1 Å². The number of aromatic amines is 1. The number of aliphatic hydroxyl groups is 1. The molecular weight excluding hydrogens is 372 g/mol. The lowest BCUT2D eigenvalue weighted by atomic mass is 9.56. The lowest BCUT2D eigenvalue weighted by Gasteiger charge is -2.56. The Hall–Kier alpha value is -2.30. The van der Waals surface area contributed by atoms with E-state index >= 15 is 0 Å². The highest BCUT2D eigenvalue weighted by Gasteiger charge is 2.57. The number of phenols is 1. The highest BCUT2D eigenvalue weighted by Crippen LogP contribution is 2.52. The number of piperidine rings is 1. The number of aryl methyl sites for hydroxylation is 1. The summed E-state index contributed by atoms with van der Waals surface area (Å²) in [6.45, 7) is 4.97. The van der Waals surface area contributed by atoms with Crippen LogP contribution in [0.5, 0.6) is 5.75 Å². The van der Waals surface area contributed by atoms with Crippen molar-refractivity contribution in [3.05, 3.63) is 64.8 Å². The quantitative estimate of drug-likeness (QED) is 0.619. The maximum atomic E-state index is 12.3. The van der Waals surface area contributed by atoms with Gasteiger partial charge in [0.1, 0.15) is 5.75 Å². The molecule has 1 aromatic heterocycles. The van der Waals surface area contributed by atoms with Crippen molar-refractivity contribution in [3.63, 3.8) is 0 Å². The predicted molar refractivity (Wildman–Crippen MR) is 119 cm³/mol. The average Bonchev–Trinajstić information content (AvgIpc) is 3.46. The molecule has 0 spiro atoms. The zero-order chi connectivity index (χ0) is 20.5. The van der Waals surface area contributed by atoms with Gasteiger partial charge in [-0.25, -0.2) is 0 Å². The average molecular weight is 403 g/mol. The Morgan fingerprint density at radius 2 is 1.97 bits per heavy atom. The predicted octanol–water partition coefficient (Wildman–Crippen LogP) is 4.07. The van der Waals surface area contributed by atoms with Crippen molar-refractivity contribution < 1.29 is 10.2 Å². The van der Waals surface area contributed by atoms with E-state index in [0.717, 1.165) is 37.4 Å². The molecular formula is C26H30N2O2. The van der Waals surface area contributed by atoms with E-state index in [1.165, 1.54) is 40.6 Å². The molecule has 156 valence electrons. The minimum atomic E-state index is -0.847. The molecule has 1 saturated heterocycles.